The second-order valence-electron chi connectivity index (χ2n) is 1.49. The van der Waals surface area contributed by atoms with E-state index >= 15 is 0 Å². The topological polar surface area (TPSA) is 85.2 Å². The highest BCUT2D eigenvalue weighted by Crippen LogP contribution is 1.88. The van der Waals surface area contributed by atoms with Gasteiger partial charge in [-0.1, -0.05) is 0 Å². The number of aromatic nitrogens is 7. The van der Waals surface area contributed by atoms with Gasteiger partial charge in [0, 0.05) is 0 Å². The Balaban J connectivity index is 2.48. The van der Waals surface area contributed by atoms with Crippen LogP contribution >= 0.6 is 0 Å². The zero-order chi connectivity index (χ0) is 6.81. The highest BCUT2D eigenvalue weighted by molar-refractivity contribution is 4.99. The van der Waals surface area contributed by atoms with Crippen molar-refractivity contribution in [2.24, 2.45) is 0 Å². The Bertz CT molecular complexity index is 248. The molecule has 7 nitrogen and oxygen atoms in total. The normalized spacial score (nSPS) is 10.0. The maximum atomic E-state index is 3.78. The van der Waals surface area contributed by atoms with Crippen LogP contribution in [0.1, 0.15) is 0 Å². The van der Waals surface area contributed by atoms with Crippen LogP contribution in [0.15, 0.2) is 6.33 Å². The molecule has 0 spiro atoms. The molecule has 2 rings (SSSR count). The van der Waals surface area contributed by atoms with Gasteiger partial charge in [-0.25, -0.2) is 0 Å². The Labute approximate surface area is 55.1 Å². The van der Waals surface area contributed by atoms with Gasteiger partial charge in [-0.2, -0.15) is 9.67 Å². The van der Waals surface area contributed by atoms with Crippen LogP contribution in [0.4, 0.5) is 0 Å². The minimum absolute atomic E-state index is 0.380. The van der Waals surface area contributed by atoms with Crippen LogP contribution in [0.2, 0.25) is 0 Å². The molecule has 0 saturated heterocycles. The largest absolute Gasteiger partial charge is 0.272 e. The van der Waals surface area contributed by atoms with Crippen LogP contribution in [0.5, 0.6) is 0 Å². The Morgan fingerprint density at radius 3 is 3.20 bits per heavy atom. The van der Waals surface area contributed by atoms with E-state index in [1.807, 2.05) is 0 Å². The molecule has 2 heterocycles. The Hall–Kier alpha value is -1.79. The summed E-state index contributed by atoms with van der Waals surface area (Å²) in [6.45, 7) is 0. The van der Waals surface area contributed by atoms with Gasteiger partial charge in [-0.05, 0) is 10.4 Å². The summed E-state index contributed by atoms with van der Waals surface area (Å²) in [4.78, 5) is 3.78. The minimum atomic E-state index is 0.380. The summed E-state index contributed by atoms with van der Waals surface area (Å²) in [6.07, 6.45) is 3.87. The molecule has 10 heavy (non-hydrogen) atoms. The van der Waals surface area contributed by atoms with E-state index in [1.54, 1.807) is 0 Å². The second-order valence-corrected chi connectivity index (χ2v) is 1.49. The highest BCUT2D eigenvalue weighted by atomic mass is 15.6. The third-order valence-corrected chi connectivity index (χ3v) is 0.905. The zero-order valence-electron chi connectivity index (χ0n) is 4.76. The molecule has 0 aliphatic rings. The van der Waals surface area contributed by atoms with Gasteiger partial charge in [0.2, 0.25) is 6.33 Å². The van der Waals surface area contributed by atoms with E-state index in [-0.39, 0.29) is 0 Å². The minimum Gasteiger partial charge on any atom is -0.264 e. The van der Waals surface area contributed by atoms with Crippen molar-refractivity contribution in [3.05, 3.63) is 12.7 Å². The molecule has 0 aliphatic heterocycles. The van der Waals surface area contributed by atoms with Crippen LogP contribution < -0.4 is 0 Å². The lowest BCUT2D eigenvalue weighted by Crippen LogP contribution is -1.97. The number of aromatic amines is 1. The maximum Gasteiger partial charge on any atom is 0.272 e. The molecule has 0 saturated carbocycles. The van der Waals surface area contributed by atoms with Crippen LogP contribution in [0, 0.1) is 6.33 Å². The lowest BCUT2D eigenvalue weighted by Gasteiger charge is -1.83. The lowest BCUT2D eigenvalue weighted by atomic mass is 11.0. The van der Waals surface area contributed by atoms with Gasteiger partial charge in [-0.15, -0.1) is 10.2 Å². The van der Waals surface area contributed by atoms with Gasteiger partial charge in [0.15, 0.2) is 0 Å². The van der Waals surface area contributed by atoms with Crippen molar-refractivity contribution in [2.45, 2.75) is 0 Å². The Morgan fingerprint density at radius 1 is 1.60 bits per heavy atom. The zero-order valence-corrected chi connectivity index (χ0v) is 4.76. The van der Waals surface area contributed by atoms with Crippen molar-refractivity contribution in [3.63, 3.8) is 0 Å². The van der Waals surface area contributed by atoms with Crippen LogP contribution in [-0.4, -0.2) is 35.4 Å². The highest BCUT2D eigenvalue weighted by Gasteiger charge is 1.99. The monoisotopic (exact) mass is 136 g/mol. The maximum absolute atomic E-state index is 3.78. The van der Waals surface area contributed by atoms with E-state index in [4.69, 9.17) is 0 Å². The van der Waals surface area contributed by atoms with Crippen molar-refractivity contribution >= 4 is 0 Å². The molecule has 1 radical (unpaired) electrons. The van der Waals surface area contributed by atoms with E-state index in [9.17, 15) is 0 Å². The van der Waals surface area contributed by atoms with Crippen molar-refractivity contribution in [1.29, 1.82) is 0 Å². The van der Waals surface area contributed by atoms with Crippen LogP contribution in [0.25, 0.3) is 5.95 Å². The molecule has 7 heteroatoms. The summed E-state index contributed by atoms with van der Waals surface area (Å²) in [5, 5.41) is 16.4. The number of nitrogens with zero attached hydrogens (tertiary/aromatic N) is 6. The van der Waals surface area contributed by atoms with E-state index in [1.165, 1.54) is 11.0 Å². The van der Waals surface area contributed by atoms with E-state index in [0.717, 1.165) is 0 Å². The summed E-state index contributed by atoms with van der Waals surface area (Å²) in [5.74, 6) is 0.380. The molecule has 0 bridgehead atoms. The molecule has 0 aromatic carbocycles. The first-order chi connectivity index (χ1) is 4.97. The number of hydrogen-bond donors (Lipinski definition) is 1. The summed E-state index contributed by atoms with van der Waals surface area (Å²) in [5.41, 5.74) is 0. The fourth-order valence-corrected chi connectivity index (χ4v) is 0.531. The molecule has 0 atom stereocenters. The van der Waals surface area contributed by atoms with Crippen molar-refractivity contribution in [2.75, 3.05) is 0 Å². The fraction of sp³-hybridized carbons (Fsp3) is 0. The summed E-state index contributed by atoms with van der Waals surface area (Å²) in [6, 6.07) is 0. The number of rotatable bonds is 1. The van der Waals surface area contributed by atoms with Crippen LogP contribution in [-0.2, 0) is 0 Å². The molecule has 0 aliphatic carbocycles. The number of hydrogen-bond acceptors (Lipinski definition) is 5. The third-order valence-electron chi connectivity index (χ3n) is 0.905. The van der Waals surface area contributed by atoms with Gasteiger partial charge < -0.3 is 0 Å². The molecule has 0 fully saturated rings. The quantitative estimate of drug-likeness (QED) is 0.520. The van der Waals surface area contributed by atoms with Crippen molar-refractivity contribution in [1.82, 2.24) is 35.4 Å². The molecule has 2 aromatic heterocycles. The van der Waals surface area contributed by atoms with Crippen molar-refractivity contribution < 1.29 is 0 Å². The first-order valence-corrected chi connectivity index (χ1v) is 2.49. The second kappa shape index (κ2) is 1.87. The van der Waals surface area contributed by atoms with E-state index < -0.39 is 0 Å². The molecule has 49 valence electrons. The summed E-state index contributed by atoms with van der Waals surface area (Å²) >= 11 is 0. The van der Waals surface area contributed by atoms with Crippen LogP contribution in [0.3, 0.4) is 0 Å². The van der Waals surface area contributed by atoms with E-state index in [0.29, 0.717) is 5.95 Å². The Kier molecular flexibility index (Phi) is 0.938. The first kappa shape index (κ1) is 5.03. The predicted molar refractivity (Wildman–Crippen MR) is 27.9 cm³/mol. The number of H-pyrrole nitrogens is 1. The summed E-state index contributed by atoms with van der Waals surface area (Å²) < 4.78 is 1.23. The molecular formula is C3H2N7. The molecule has 1 N–H and O–H groups in total. The number of nitrogens with one attached hydrogen (secondary N) is 1. The Morgan fingerprint density at radius 2 is 2.60 bits per heavy atom. The smallest absolute Gasteiger partial charge is 0.264 e. The van der Waals surface area contributed by atoms with Gasteiger partial charge in [0.1, 0.15) is 6.33 Å². The fourth-order valence-electron chi connectivity index (χ4n) is 0.531. The average molecular weight is 136 g/mol. The molecular weight excluding hydrogens is 134 g/mol. The predicted octanol–water partition coefficient (Wildman–Crippen LogP) is -1.42. The standard InChI is InChI=1S/C3H2N7/c1-4-3(7-5-1)10-2-6-8-9-10/h1H,(H,4,5,7). The SMILES string of the molecule is [c]1nnnn1-c1nc[nH]n1. The first-order valence-electron chi connectivity index (χ1n) is 2.49. The van der Waals surface area contributed by atoms with Gasteiger partial charge in [0.05, 0.1) is 0 Å². The average Bonchev–Trinajstić information content (AvgIpc) is 2.59. The molecule has 0 unspecified atom stereocenters. The molecule has 0 amide bonds. The van der Waals surface area contributed by atoms with E-state index in [2.05, 4.69) is 37.0 Å². The number of tetrazole rings is 1. The lowest BCUT2D eigenvalue weighted by molar-refractivity contribution is 0.749. The molecule has 2 aromatic rings. The van der Waals surface area contributed by atoms with Gasteiger partial charge in [-0.3, -0.25) is 5.10 Å². The third kappa shape index (κ3) is 0.642. The summed E-state index contributed by atoms with van der Waals surface area (Å²) in [7, 11) is 0. The van der Waals surface area contributed by atoms with Gasteiger partial charge in [0.25, 0.3) is 5.95 Å². The van der Waals surface area contributed by atoms with Gasteiger partial charge >= 0.3 is 0 Å². The van der Waals surface area contributed by atoms with Crippen molar-refractivity contribution in [3.8, 4) is 5.95 Å².